The molecule has 23 heavy (non-hydrogen) atoms. The monoisotopic (exact) mass is 335 g/mol. The highest BCUT2D eigenvalue weighted by molar-refractivity contribution is 7.09. The maximum Gasteiger partial charge on any atom is 0.191 e. The molecule has 0 radical (unpaired) electrons. The number of nitrogens with zero attached hydrogens (tertiary/aromatic N) is 1. The fourth-order valence-corrected chi connectivity index (χ4v) is 2.77. The van der Waals surface area contributed by atoms with E-state index in [4.69, 9.17) is 9.15 Å². The molecule has 2 aromatic rings. The van der Waals surface area contributed by atoms with Crippen LogP contribution in [0.3, 0.4) is 0 Å². The Hall–Kier alpha value is -1.79. The van der Waals surface area contributed by atoms with Gasteiger partial charge in [-0.15, -0.1) is 11.3 Å². The zero-order valence-corrected chi connectivity index (χ0v) is 14.4. The first-order valence-electron chi connectivity index (χ1n) is 8.03. The van der Waals surface area contributed by atoms with Gasteiger partial charge in [0.15, 0.2) is 5.96 Å². The normalized spacial score (nSPS) is 11.6. The van der Waals surface area contributed by atoms with Gasteiger partial charge in [0.05, 0.1) is 19.4 Å². The average molecular weight is 335 g/mol. The molecule has 0 fully saturated rings. The Morgan fingerprint density at radius 2 is 2.09 bits per heavy atom. The molecule has 5 nitrogen and oxygen atoms in total. The summed E-state index contributed by atoms with van der Waals surface area (Å²) in [4.78, 5) is 5.92. The van der Waals surface area contributed by atoms with Crippen molar-refractivity contribution in [2.75, 3.05) is 32.8 Å². The predicted molar refractivity (Wildman–Crippen MR) is 95.2 cm³/mol. The Morgan fingerprint density at radius 1 is 1.22 bits per heavy atom. The van der Waals surface area contributed by atoms with Crippen molar-refractivity contribution in [3.63, 3.8) is 0 Å². The van der Waals surface area contributed by atoms with Gasteiger partial charge in [0.1, 0.15) is 5.76 Å². The van der Waals surface area contributed by atoms with Gasteiger partial charge in [-0.2, -0.15) is 0 Å². The molecule has 2 N–H and O–H groups in total. The molecule has 6 heteroatoms. The van der Waals surface area contributed by atoms with Crippen molar-refractivity contribution in [1.82, 2.24) is 10.6 Å². The van der Waals surface area contributed by atoms with E-state index in [-0.39, 0.29) is 0 Å². The van der Waals surface area contributed by atoms with Crippen LogP contribution in [0.15, 0.2) is 45.3 Å². The van der Waals surface area contributed by atoms with E-state index in [9.17, 15) is 0 Å². The Labute approximate surface area is 141 Å². The van der Waals surface area contributed by atoms with Gasteiger partial charge in [-0.05, 0) is 36.9 Å². The van der Waals surface area contributed by atoms with E-state index >= 15 is 0 Å². The first-order chi connectivity index (χ1) is 11.4. The second-order valence-corrected chi connectivity index (χ2v) is 5.97. The van der Waals surface area contributed by atoms with Crippen LogP contribution in [0, 0.1) is 0 Å². The summed E-state index contributed by atoms with van der Waals surface area (Å²) < 4.78 is 10.7. The lowest BCUT2D eigenvalue weighted by atomic mass is 10.3. The number of thiophene rings is 1. The van der Waals surface area contributed by atoms with Crippen molar-refractivity contribution in [2.24, 2.45) is 4.99 Å². The Balaban J connectivity index is 1.73. The number of nitrogens with one attached hydrogen (secondary N) is 2. The molecule has 0 saturated heterocycles. The van der Waals surface area contributed by atoms with Crippen LogP contribution in [0.2, 0.25) is 0 Å². The van der Waals surface area contributed by atoms with E-state index in [1.165, 1.54) is 4.88 Å². The Bertz CT molecular complexity index is 496. The molecule has 0 aliphatic rings. The van der Waals surface area contributed by atoms with Crippen LogP contribution in [0.4, 0.5) is 0 Å². The summed E-state index contributed by atoms with van der Waals surface area (Å²) in [5.74, 6) is 1.80. The van der Waals surface area contributed by atoms with E-state index in [1.54, 1.807) is 17.6 Å². The maximum atomic E-state index is 5.34. The van der Waals surface area contributed by atoms with Crippen LogP contribution in [0.5, 0.6) is 0 Å². The quantitative estimate of drug-likeness (QED) is 0.398. The number of furan rings is 1. The maximum absolute atomic E-state index is 5.34. The van der Waals surface area contributed by atoms with E-state index < -0.39 is 0 Å². The van der Waals surface area contributed by atoms with E-state index in [0.29, 0.717) is 13.2 Å². The van der Waals surface area contributed by atoms with Gasteiger partial charge >= 0.3 is 0 Å². The largest absolute Gasteiger partial charge is 0.469 e. The zero-order valence-electron chi connectivity index (χ0n) is 13.6. The summed E-state index contributed by atoms with van der Waals surface area (Å²) in [5.41, 5.74) is 0. The molecule has 0 aromatic carbocycles. The van der Waals surface area contributed by atoms with Crippen LogP contribution >= 0.6 is 11.3 Å². The van der Waals surface area contributed by atoms with Crippen LogP contribution in [-0.2, 0) is 17.6 Å². The fourth-order valence-electron chi connectivity index (χ4n) is 2.06. The smallest absolute Gasteiger partial charge is 0.191 e. The lowest BCUT2D eigenvalue weighted by Crippen LogP contribution is -2.39. The molecule has 126 valence electrons. The minimum atomic E-state index is 0.645. The van der Waals surface area contributed by atoms with Gasteiger partial charge in [-0.1, -0.05) is 6.07 Å². The molecular weight excluding hydrogens is 310 g/mol. The van der Waals surface area contributed by atoms with Gasteiger partial charge < -0.3 is 19.8 Å². The highest BCUT2D eigenvalue weighted by atomic mass is 32.1. The summed E-state index contributed by atoms with van der Waals surface area (Å²) in [6, 6.07) is 8.13. The second kappa shape index (κ2) is 10.9. The van der Waals surface area contributed by atoms with Crippen LogP contribution in [0.25, 0.3) is 0 Å². The van der Waals surface area contributed by atoms with Crippen LogP contribution in [0.1, 0.15) is 17.6 Å². The number of ether oxygens (including phenoxy) is 1. The Kier molecular flexibility index (Phi) is 8.29. The molecule has 0 atom stereocenters. The van der Waals surface area contributed by atoms with Crippen molar-refractivity contribution in [2.45, 2.75) is 19.8 Å². The standard InChI is InChI=1S/C17H25N3O2S/c1-2-21-13-11-20-17(18-9-7-15-5-3-12-22-15)19-10-8-16-6-4-14-23-16/h3-6,12,14H,2,7-11,13H2,1H3,(H2,18,19,20). The molecule has 0 unspecified atom stereocenters. The highest BCUT2D eigenvalue weighted by Gasteiger charge is 2.01. The summed E-state index contributed by atoms with van der Waals surface area (Å²) >= 11 is 1.78. The van der Waals surface area contributed by atoms with Gasteiger partial charge in [0, 0.05) is 31.0 Å². The number of guanidine groups is 1. The third-order valence-corrected chi connectivity index (χ3v) is 4.13. The average Bonchev–Trinajstić information content (AvgIpc) is 3.24. The highest BCUT2D eigenvalue weighted by Crippen LogP contribution is 2.08. The zero-order chi connectivity index (χ0) is 16.2. The summed E-state index contributed by atoms with van der Waals surface area (Å²) in [7, 11) is 0. The molecule has 0 amide bonds. The summed E-state index contributed by atoms with van der Waals surface area (Å²) in [5, 5.41) is 8.82. The first-order valence-corrected chi connectivity index (χ1v) is 8.91. The molecule has 0 aliphatic carbocycles. The van der Waals surface area contributed by atoms with Gasteiger partial charge in [-0.3, -0.25) is 4.99 Å². The van der Waals surface area contributed by atoms with E-state index in [0.717, 1.165) is 44.3 Å². The van der Waals surface area contributed by atoms with Crippen LogP contribution in [-0.4, -0.2) is 38.8 Å². The number of hydrogen-bond donors (Lipinski definition) is 2. The SMILES string of the molecule is CCOCCN=C(NCCc1ccco1)NCCc1cccs1. The molecule has 0 bridgehead atoms. The van der Waals surface area contributed by atoms with Gasteiger partial charge in [-0.25, -0.2) is 0 Å². The van der Waals surface area contributed by atoms with Crippen molar-refractivity contribution >= 4 is 17.3 Å². The third-order valence-electron chi connectivity index (χ3n) is 3.20. The third kappa shape index (κ3) is 7.34. The van der Waals surface area contributed by atoms with Gasteiger partial charge in [0.2, 0.25) is 0 Å². The summed E-state index contributed by atoms with van der Waals surface area (Å²) in [6.07, 6.45) is 3.54. The molecule has 0 aliphatic heterocycles. The molecule has 0 spiro atoms. The number of rotatable bonds is 10. The van der Waals surface area contributed by atoms with Crippen molar-refractivity contribution < 1.29 is 9.15 Å². The molecule has 2 rings (SSSR count). The number of aliphatic imine (C=N–C) groups is 1. The predicted octanol–water partition coefficient (Wildman–Crippen LogP) is 2.70. The van der Waals surface area contributed by atoms with Crippen molar-refractivity contribution in [3.8, 4) is 0 Å². The van der Waals surface area contributed by atoms with E-state index in [2.05, 4.69) is 33.1 Å². The lowest BCUT2D eigenvalue weighted by Gasteiger charge is -2.12. The fraction of sp³-hybridized carbons (Fsp3) is 0.471. The second-order valence-electron chi connectivity index (χ2n) is 4.94. The molecule has 2 aromatic heterocycles. The summed E-state index contributed by atoms with van der Waals surface area (Å²) in [6.45, 7) is 5.66. The molecule has 0 saturated carbocycles. The minimum Gasteiger partial charge on any atom is -0.469 e. The van der Waals surface area contributed by atoms with Gasteiger partial charge in [0.25, 0.3) is 0 Å². The Morgan fingerprint density at radius 3 is 2.78 bits per heavy atom. The lowest BCUT2D eigenvalue weighted by molar-refractivity contribution is 0.155. The first kappa shape index (κ1) is 17.6. The van der Waals surface area contributed by atoms with Crippen LogP contribution < -0.4 is 10.6 Å². The number of hydrogen-bond acceptors (Lipinski definition) is 4. The minimum absolute atomic E-state index is 0.645. The molecule has 2 heterocycles. The van der Waals surface area contributed by atoms with Crippen molar-refractivity contribution in [3.05, 3.63) is 46.5 Å². The van der Waals surface area contributed by atoms with Crippen molar-refractivity contribution in [1.29, 1.82) is 0 Å². The van der Waals surface area contributed by atoms with E-state index in [1.807, 2.05) is 19.1 Å². The molecular formula is C17H25N3O2S. The topological polar surface area (TPSA) is 58.8 Å².